The number of para-hydroxylation sites is 2. The fourth-order valence-electron chi connectivity index (χ4n) is 2.28. The van der Waals surface area contributed by atoms with E-state index in [1.54, 1.807) is 0 Å². The minimum Gasteiger partial charge on any atom is -0.396 e. The third-order valence-corrected chi connectivity index (χ3v) is 4.00. The number of imidazole rings is 1. The van der Waals surface area contributed by atoms with E-state index in [4.69, 9.17) is 5.11 Å². The van der Waals surface area contributed by atoms with Crippen molar-refractivity contribution in [2.75, 3.05) is 6.61 Å². The Labute approximate surface area is 114 Å². The molecule has 4 nitrogen and oxygen atoms in total. The summed E-state index contributed by atoms with van der Waals surface area (Å²) in [6, 6.07) is 8.15. The number of hydrogen-bond acceptors (Lipinski definition) is 3. The quantitative estimate of drug-likeness (QED) is 0.838. The van der Waals surface area contributed by atoms with E-state index in [0.29, 0.717) is 0 Å². The minimum atomic E-state index is -0.0348. The van der Waals surface area contributed by atoms with Crippen molar-refractivity contribution in [3.05, 3.63) is 30.1 Å². The Morgan fingerprint density at radius 2 is 2.11 bits per heavy atom. The Balaban J connectivity index is 2.15. The predicted molar refractivity (Wildman–Crippen MR) is 78.0 cm³/mol. The summed E-state index contributed by atoms with van der Waals surface area (Å²) in [5.41, 5.74) is 2.15. The van der Waals surface area contributed by atoms with Gasteiger partial charge in [0.05, 0.1) is 17.6 Å². The lowest BCUT2D eigenvalue weighted by Crippen LogP contribution is -2.42. The lowest BCUT2D eigenvalue weighted by Gasteiger charge is -2.29. The van der Waals surface area contributed by atoms with Gasteiger partial charge >= 0.3 is 0 Å². The molecule has 0 aliphatic heterocycles. The van der Waals surface area contributed by atoms with Gasteiger partial charge in [-0.3, -0.25) is 0 Å². The van der Waals surface area contributed by atoms with Crippen molar-refractivity contribution in [3.8, 4) is 0 Å². The van der Waals surface area contributed by atoms with Gasteiger partial charge in [-0.05, 0) is 31.9 Å². The molecule has 4 heteroatoms. The van der Waals surface area contributed by atoms with Crippen LogP contribution in [-0.2, 0) is 13.6 Å². The summed E-state index contributed by atoms with van der Waals surface area (Å²) in [6.07, 6.45) is 1.74. The Morgan fingerprint density at radius 3 is 2.74 bits per heavy atom. The van der Waals surface area contributed by atoms with Crippen LogP contribution in [0.1, 0.15) is 32.5 Å². The molecule has 2 N–H and O–H groups in total. The largest absolute Gasteiger partial charge is 0.396 e. The maximum absolute atomic E-state index is 9.14. The third-order valence-electron chi connectivity index (χ3n) is 4.00. The Bertz CT molecular complexity index is 549. The highest BCUT2D eigenvalue weighted by Gasteiger charge is 2.21. The van der Waals surface area contributed by atoms with Crippen molar-refractivity contribution < 1.29 is 5.11 Å². The first kappa shape index (κ1) is 14.0. The predicted octanol–water partition coefficient (Wildman–Crippen LogP) is 2.21. The second kappa shape index (κ2) is 5.72. The Kier molecular flexibility index (Phi) is 4.22. The Hall–Kier alpha value is -1.39. The lowest BCUT2D eigenvalue weighted by molar-refractivity contribution is 0.213. The summed E-state index contributed by atoms with van der Waals surface area (Å²) in [5, 5.41) is 12.7. The highest BCUT2D eigenvalue weighted by molar-refractivity contribution is 5.75. The second-order valence-electron chi connectivity index (χ2n) is 5.32. The van der Waals surface area contributed by atoms with E-state index < -0.39 is 0 Å². The van der Waals surface area contributed by atoms with E-state index in [0.717, 1.165) is 36.2 Å². The normalized spacial score (nSPS) is 14.7. The first-order chi connectivity index (χ1) is 9.09. The lowest BCUT2D eigenvalue weighted by atomic mass is 9.95. The first-order valence-corrected chi connectivity index (χ1v) is 6.86. The first-order valence-electron chi connectivity index (χ1n) is 6.86. The molecular weight excluding hydrogens is 238 g/mol. The average Bonchev–Trinajstić information content (AvgIpc) is 2.74. The molecule has 1 atom stereocenters. The molecular formula is C15H23N3O. The molecule has 0 saturated carbocycles. The molecule has 19 heavy (non-hydrogen) atoms. The number of nitrogens with zero attached hydrogens (tertiary/aromatic N) is 2. The van der Waals surface area contributed by atoms with Gasteiger partial charge in [-0.2, -0.15) is 0 Å². The average molecular weight is 261 g/mol. The minimum absolute atomic E-state index is 0.0348. The molecule has 0 fully saturated rings. The molecule has 1 heterocycles. The molecule has 0 radical (unpaired) electrons. The van der Waals surface area contributed by atoms with Crippen LogP contribution < -0.4 is 5.32 Å². The van der Waals surface area contributed by atoms with E-state index in [-0.39, 0.29) is 12.1 Å². The maximum Gasteiger partial charge on any atom is 0.123 e. The smallest absolute Gasteiger partial charge is 0.123 e. The van der Waals surface area contributed by atoms with Gasteiger partial charge in [-0.15, -0.1) is 0 Å². The van der Waals surface area contributed by atoms with Crippen molar-refractivity contribution >= 4 is 11.0 Å². The summed E-state index contributed by atoms with van der Waals surface area (Å²) < 4.78 is 2.12. The van der Waals surface area contributed by atoms with Crippen LogP contribution in [0.4, 0.5) is 0 Å². The number of benzene rings is 1. The van der Waals surface area contributed by atoms with Crippen LogP contribution in [0.15, 0.2) is 24.3 Å². The number of rotatable bonds is 6. The highest BCUT2D eigenvalue weighted by Crippen LogP contribution is 2.17. The zero-order valence-corrected chi connectivity index (χ0v) is 12.0. The van der Waals surface area contributed by atoms with Crippen LogP contribution in [-0.4, -0.2) is 26.8 Å². The standard InChI is InChI=1S/C15H23N3O/c1-4-15(2,9-10-19)16-11-14-17-12-7-5-6-8-13(12)18(14)3/h5-8,16,19H,4,9-11H2,1-3H3. The molecule has 1 aromatic carbocycles. The van der Waals surface area contributed by atoms with E-state index in [1.807, 2.05) is 25.2 Å². The SMILES string of the molecule is CCC(C)(CCO)NCc1nc2ccccc2n1C. The van der Waals surface area contributed by atoms with E-state index in [1.165, 1.54) is 0 Å². The molecule has 2 rings (SSSR count). The van der Waals surface area contributed by atoms with Gasteiger partial charge in [0.1, 0.15) is 5.82 Å². The van der Waals surface area contributed by atoms with Gasteiger partial charge in [0, 0.05) is 19.2 Å². The molecule has 0 amide bonds. The van der Waals surface area contributed by atoms with Gasteiger partial charge in [0.15, 0.2) is 0 Å². The van der Waals surface area contributed by atoms with Crippen molar-refractivity contribution in [2.45, 2.75) is 38.8 Å². The van der Waals surface area contributed by atoms with Crippen molar-refractivity contribution in [3.63, 3.8) is 0 Å². The molecule has 0 aliphatic carbocycles. The highest BCUT2D eigenvalue weighted by atomic mass is 16.3. The zero-order valence-electron chi connectivity index (χ0n) is 12.0. The Morgan fingerprint density at radius 1 is 1.37 bits per heavy atom. The number of aromatic nitrogens is 2. The molecule has 0 saturated heterocycles. The molecule has 1 unspecified atom stereocenters. The zero-order chi connectivity index (χ0) is 13.9. The number of fused-ring (bicyclic) bond motifs is 1. The monoisotopic (exact) mass is 261 g/mol. The molecule has 0 bridgehead atoms. The van der Waals surface area contributed by atoms with Crippen LogP contribution in [0.2, 0.25) is 0 Å². The molecule has 0 aliphatic rings. The summed E-state index contributed by atoms with van der Waals surface area (Å²) in [4.78, 5) is 4.65. The van der Waals surface area contributed by atoms with E-state index in [2.05, 4.69) is 34.8 Å². The van der Waals surface area contributed by atoms with Gasteiger partial charge in [-0.1, -0.05) is 19.1 Å². The molecule has 104 valence electrons. The van der Waals surface area contributed by atoms with Gasteiger partial charge in [-0.25, -0.2) is 4.98 Å². The van der Waals surface area contributed by atoms with Crippen molar-refractivity contribution in [1.82, 2.24) is 14.9 Å². The van der Waals surface area contributed by atoms with Crippen LogP contribution >= 0.6 is 0 Å². The van der Waals surface area contributed by atoms with Gasteiger partial charge in [0.25, 0.3) is 0 Å². The fourth-order valence-corrected chi connectivity index (χ4v) is 2.28. The van der Waals surface area contributed by atoms with Crippen LogP contribution in [0.3, 0.4) is 0 Å². The molecule has 0 spiro atoms. The second-order valence-corrected chi connectivity index (χ2v) is 5.32. The van der Waals surface area contributed by atoms with Crippen LogP contribution in [0.5, 0.6) is 0 Å². The maximum atomic E-state index is 9.14. The third kappa shape index (κ3) is 2.96. The summed E-state index contributed by atoms with van der Waals surface area (Å²) in [6.45, 7) is 5.21. The topological polar surface area (TPSA) is 50.1 Å². The van der Waals surface area contributed by atoms with E-state index in [9.17, 15) is 0 Å². The number of aliphatic hydroxyl groups is 1. The van der Waals surface area contributed by atoms with Crippen molar-refractivity contribution in [2.24, 2.45) is 7.05 Å². The number of nitrogens with one attached hydrogen (secondary N) is 1. The van der Waals surface area contributed by atoms with Crippen LogP contribution in [0.25, 0.3) is 11.0 Å². The molecule has 1 aromatic heterocycles. The van der Waals surface area contributed by atoms with Gasteiger partial charge < -0.3 is 15.0 Å². The number of aliphatic hydroxyl groups excluding tert-OH is 1. The summed E-state index contributed by atoms with van der Waals surface area (Å²) >= 11 is 0. The van der Waals surface area contributed by atoms with E-state index >= 15 is 0 Å². The number of aryl methyl sites for hydroxylation is 1. The molecule has 2 aromatic rings. The summed E-state index contributed by atoms with van der Waals surface area (Å²) in [7, 11) is 2.04. The summed E-state index contributed by atoms with van der Waals surface area (Å²) in [5.74, 6) is 1.03. The number of hydrogen-bond donors (Lipinski definition) is 2. The van der Waals surface area contributed by atoms with Crippen LogP contribution in [0, 0.1) is 0 Å². The fraction of sp³-hybridized carbons (Fsp3) is 0.533. The van der Waals surface area contributed by atoms with Gasteiger partial charge in [0.2, 0.25) is 0 Å². The van der Waals surface area contributed by atoms with Crippen molar-refractivity contribution in [1.29, 1.82) is 0 Å².